The van der Waals surface area contributed by atoms with Crippen LogP contribution in [0.4, 0.5) is 23.1 Å². The molecule has 2 aromatic heterocycles. The van der Waals surface area contributed by atoms with E-state index >= 15 is 0 Å². The number of amides is 1. The maximum absolute atomic E-state index is 12.0. The SMILES string of the molecule is CN1CCCN(c2cc(Nc3ccn[nH]3)nc(Sc3ccc(NC(=O)C4CC4)cc3)n2)CC1. The van der Waals surface area contributed by atoms with Gasteiger partial charge in [0.25, 0.3) is 0 Å². The summed E-state index contributed by atoms with van der Waals surface area (Å²) in [6.07, 6.45) is 4.79. The van der Waals surface area contributed by atoms with Crippen LogP contribution in [0.3, 0.4) is 0 Å². The molecule has 0 radical (unpaired) electrons. The zero-order chi connectivity index (χ0) is 22.6. The van der Waals surface area contributed by atoms with Crippen LogP contribution in [0, 0.1) is 5.92 Å². The van der Waals surface area contributed by atoms with Gasteiger partial charge in [-0.25, -0.2) is 9.97 Å². The fourth-order valence-corrected chi connectivity index (χ4v) is 4.49. The molecular formula is C23H28N8OS. The Labute approximate surface area is 197 Å². The number of carbonyl (C=O) groups is 1. The molecule has 3 aromatic rings. The van der Waals surface area contributed by atoms with Crippen molar-refractivity contribution >= 4 is 40.8 Å². The van der Waals surface area contributed by atoms with Crippen LogP contribution < -0.4 is 15.5 Å². The van der Waals surface area contributed by atoms with E-state index < -0.39 is 0 Å². The second-order valence-electron chi connectivity index (χ2n) is 8.52. The Hall–Kier alpha value is -3.11. The van der Waals surface area contributed by atoms with Crippen LogP contribution in [-0.2, 0) is 4.79 Å². The predicted molar refractivity (Wildman–Crippen MR) is 130 cm³/mol. The molecule has 5 rings (SSSR count). The molecule has 1 saturated heterocycles. The molecule has 2 fully saturated rings. The smallest absolute Gasteiger partial charge is 0.227 e. The molecule has 2 aliphatic rings. The first-order chi connectivity index (χ1) is 16.1. The van der Waals surface area contributed by atoms with E-state index in [-0.39, 0.29) is 11.8 Å². The number of carbonyl (C=O) groups excluding carboxylic acids is 1. The Morgan fingerprint density at radius 1 is 1.09 bits per heavy atom. The lowest BCUT2D eigenvalue weighted by Crippen LogP contribution is -2.29. The van der Waals surface area contributed by atoms with Gasteiger partial charge >= 0.3 is 0 Å². The first kappa shape index (κ1) is 21.7. The Bertz CT molecular complexity index is 1080. The molecule has 1 amide bonds. The standard InChI is InChI=1S/C23H28N8OS/c1-30-11-2-12-31(14-13-30)21-15-20(26-19-9-10-24-29-19)27-23(28-21)33-18-7-5-17(6-8-18)25-22(32)16-3-4-16/h5-10,15-16H,2-4,11-14H2,1H3,(H,25,32)(H2,24,26,27,28,29). The number of hydrogen-bond donors (Lipinski definition) is 3. The van der Waals surface area contributed by atoms with Crippen LogP contribution in [-0.4, -0.2) is 64.2 Å². The van der Waals surface area contributed by atoms with Crippen LogP contribution in [0.5, 0.6) is 0 Å². The number of rotatable bonds is 7. The Morgan fingerprint density at radius 3 is 2.70 bits per heavy atom. The molecule has 1 aliphatic carbocycles. The topological polar surface area (TPSA) is 102 Å². The predicted octanol–water partition coefficient (Wildman–Crippen LogP) is 3.58. The average Bonchev–Trinajstić information content (AvgIpc) is 3.58. The molecule has 0 bridgehead atoms. The van der Waals surface area contributed by atoms with Gasteiger partial charge in [-0.05, 0) is 68.9 Å². The summed E-state index contributed by atoms with van der Waals surface area (Å²) >= 11 is 1.51. The van der Waals surface area contributed by atoms with Gasteiger partial charge in [0.05, 0.1) is 6.20 Å². The first-order valence-corrected chi connectivity index (χ1v) is 12.1. The highest BCUT2D eigenvalue weighted by Crippen LogP contribution is 2.32. The number of aromatic nitrogens is 4. The van der Waals surface area contributed by atoms with Crippen molar-refractivity contribution in [3.05, 3.63) is 42.6 Å². The van der Waals surface area contributed by atoms with Gasteiger partial charge in [0.15, 0.2) is 5.16 Å². The van der Waals surface area contributed by atoms with Crippen LogP contribution in [0.1, 0.15) is 19.3 Å². The summed E-state index contributed by atoms with van der Waals surface area (Å²) in [5.74, 6) is 2.72. The Balaban J connectivity index is 1.35. The number of anilines is 4. The summed E-state index contributed by atoms with van der Waals surface area (Å²) in [6.45, 7) is 3.98. The van der Waals surface area contributed by atoms with Crippen LogP contribution in [0.2, 0.25) is 0 Å². The van der Waals surface area contributed by atoms with Gasteiger partial charge in [0, 0.05) is 48.3 Å². The summed E-state index contributed by atoms with van der Waals surface area (Å²) in [4.78, 5) is 27.3. The van der Waals surface area contributed by atoms with E-state index in [1.165, 1.54) is 11.8 Å². The van der Waals surface area contributed by atoms with Gasteiger partial charge in [-0.1, -0.05) is 0 Å². The molecule has 3 N–H and O–H groups in total. The third-order valence-electron chi connectivity index (χ3n) is 5.78. The first-order valence-electron chi connectivity index (χ1n) is 11.3. The molecule has 1 aliphatic heterocycles. The second-order valence-corrected chi connectivity index (χ2v) is 9.56. The monoisotopic (exact) mass is 464 g/mol. The van der Waals surface area contributed by atoms with Crippen LogP contribution >= 0.6 is 11.8 Å². The molecule has 9 nitrogen and oxygen atoms in total. The van der Waals surface area contributed by atoms with Crippen molar-refractivity contribution in [2.24, 2.45) is 5.92 Å². The van der Waals surface area contributed by atoms with Gasteiger partial charge < -0.3 is 20.4 Å². The van der Waals surface area contributed by atoms with Crippen molar-refractivity contribution in [3.63, 3.8) is 0 Å². The Morgan fingerprint density at radius 2 is 1.94 bits per heavy atom. The van der Waals surface area contributed by atoms with Gasteiger partial charge in [-0.3, -0.25) is 9.89 Å². The number of H-pyrrole nitrogens is 1. The summed E-state index contributed by atoms with van der Waals surface area (Å²) < 4.78 is 0. The van der Waals surface area contributed by atoms with Crippen molar-refractivity contribution in [1.82, 2.24) is 25.1 Å². The van der Waals surface area contributed by atoms with Gasteiger partial charge in [-0.15, -0.1) is 0 Å². The van der Waals surface area contributed by atoms with Crippen molar-refractivity contribution in [3.8, 4) is 0 Å². The number of hydrogen-bond acceptors (Lipinski definition) is 8. The average molecular weight is 465 g/mol. The quantitative estimate of drug-likeness (QED) is 0.456. The molecular weight excluding hydrogens is 436 g/mol. The Kier molecular flexibility index (Phi) is 6.45. The highest BCUT2D eigenvalue weighted by molar-refractivity contribution is 7.99. The second kappa shape index (κ2) is 9.80. The zero-order valence-electron chi connectivity index (χ0n) is 18.6. The molecule has 1 aromatic carbocycles. The largest absolute Gasteiger partial charge is 0.355 e. The minimum Gasteiger partial charge on any atom is -0.355 e. The summed E-state index contributed by atoms with van der Waals surface area (Å²) in [7, 11) is 2.16. The fraction of sp³-hybridized carbons (Fsp3) is 0.391. The fourth-order valence-electron chi connectivity index (χ4n) is 3.73. The number of likely N-dealkylation sites (N-methyl/N-ethyl adjacent to an activating group) is 1. The van der Waals surface area contributed by atoms with Crippen LogP contribution in [0.25, 0.3) is 0 Å². The van der Waals surface area contributed by atoms with Crippen LogP contribution in [0.15, 0.2) is 52.6 Å². The van der Waals surface area contributed by atoms with E-state index in [1.54, 1.807) is 6.20 Å². The van der Waals surface area contributed by atoms with E-state index in [1.807, 2.05) is 36.4 Å². The minimum absolute atomic E-state index is 0.115. The van der Waals surface area contributed by atoms with Crippen molar-refractivity contribution in [1.29, 1.82) is 0 Å². The normalized spacial score (nSPS) is 16.9. The third-order valence-corrected chi connectivity index (χ3v) is 6.65. The molecule has 3 heterocycles. The zero-order valence-corrected chi connectivity index (χ0v) is 19.4. The van der Waals surface area contributed by atoms with E-state index in [2.05, 4.69) is 37.7 Å². The van der Waals surface area contributed by atoms with E-state index in [0.717, 1.165) is 73.5 Å². The molecule has 172 valence electrons. The highest BCUT2D eigenvalue weighted by Gasteiger charge is 2.29. The lowest BCUT2D eigenvalue weighted by atomic mass is 10.3. The van der Waals surface area contributed by atoms with Gasteiger partial charge in [0.2, 0.25) is 5.91 Å². The molecule has 33 heavy (non-hydrogen) atoms. The van der Waals surface area contributed by atoms with E-state index in [0.29, 0.717) is 5.16 Å². The number of aromatic amines is 1. The number of benzene rings is 1. The van der Waals surface area contributed by atoms with E-state index in [9.17, 15) is 4.79 Å². The van der Waals surface area contributed by atoms with Crippen molar-refractivity contribution < 1.29 is 4.79 Å². The molecule has 1 saturated carbocycles. The maximum Gasteiger partial charge on any atom is 0.227 e. The summed E-state index contributed by atoms with van der Waals surface area (Å²) in [5, 5.41) is 13.9. The minimum atomic E-state index is 0.115. The van der Waals surface area contributed by atoms with Crippen molar-refractivity contribution in [2.45, 2.75) is 29.3 Å². The van der Waals surface area contributed by atoms with Gasteiger partial charge in [0.1, 0.15) is 17.5 Å². The highest BCUT2D eigenvalue weighted by atomic mass is 32.2. The molecule has 0 atom stereocenters. The number of nitrogens with one attached hydrogen (secondary N) is 3. The van der Waals surface area contributed by atoms with Gasteiger partial charge in [-0.2, -0.15) is 5.10 Å². The summed E-state index contributed by atoms with van der Waals surface area (Å²) in [6, 6.07) is 11.7. The summed E-state index contributed by atoms with van der Waals surface area (Å²) in [5.41, 5.74) is 0.821. The maximum atomic E-state index is 12.0. The third kappa shape index (κ3) is 5.82. The molecule has 10 heteroatoms. The molecule has 0 unspecified atom stereocenters. The van der Waals surface area contributed by atoms with E-state index in [4.69, 9.17) is 9.97 Å². The molecule has 0 spiro atoms. The number of nitrogens with zero attached hydrogens (tertiary/aromatic N) is 5. The lowest BCUT2D eigenvalue weighted by Gasteiger charge is -2.22. The lowest BCUT2D eigenvalue weighted by molar-refractivity contribution is -0.117. The van der Waals surface area contributed by atoms with Crippen molar-refractivity contribution in [2.75, 3.05) is 48.8 Å².